The Labute approximate surface area is 185 Å². The number of ether oxygens (including phenoxy) is 6. The van der Waals surface area contributed by atoms with Gasteiger partial charge in [-0.2, -0.15) is 0 Å². The molecular formula is C18H34BO11P. The van der Waals surface area contributed by atoms with E-state index in [0.29, 0.717) is 26.2 Å². The third-order valence-electron chi connectivity index (χ3n) is 3.84. The summed E-state index contributed by atoms with van der Waals surface area (Å²) in [7, 11) is 3.23. The topological polar surface area (TPSA) is 128 Å². The largest absolute Gasteiger partial charge is 0.508 e. The molecule has 0 aliphatic carbocycles. The number of hydrogen-bond acceptors (Lipinski definition) is 10. The van der Waals surface area contributed by atoms with Crippen molar-refractivity contribution in [1.29, 1.82) is 0 Å². The maximum absolute atomic E-state index is 12.0. The molecule has 0 aromatic rings. The molecule has 1 rings (SSSR count). The number of hydrogen-bond donors (Lipinski definition) is 1. The van der Waals surface area contributed by atoms with E-state index in [4.69, 9.17) is 45.3 Å². The highest BCUT2D eigenvalue weighted by Crippen LogP contribution is 2.45. The van der Waals surface area contributed by atoms with Crippen LogP contribution in [0.15, 0.2) is 0 Å². The molecule has 1 N–H and O–H groups in total. The highest BCUT2D eigenvalue weighted by Gasteiger charge is 2.47. The van der Waals surface area contributed by atoms with E-state index >= 15 is 0 Å². The maximum atomic E-state index is 12.0. The molecule has 1 heterocycles. The number of carbonyl (C=O) groups is 1. The summed E-state index contributed by atoms with van der Waals surface area (Å²) in [5.41, 5.74) is 0. The van der Waals surface area contributed by atoms with Crippen LogP contribution < -0.4 is 0 Å². The van der Waals surface area contributed by atoms with Gasteiger partial charge in [0.2, 0.25) is 0 Å². The first-order valence-electron chi connectivity index (χ1n) is 10.2. The molecule has 13 heteroatoms. The Bertz CT molecular complexity index is 563. The smallest absolute Gasteiger partial charge is 0.434 e. The predicted molar refractivity (Wildman–Crippen MR) is 110 cm³/mol. The van der Waals surface area contributed by atoms with Crippen molar-refractivity contribution in [2.75, 3.05) is 40.1 Å². The van der Waals surface area contributed by atoms with Crippen LogP contribution in [0.3, 0.4) is 0 Å². The highest BCUT2D eigenvalue weighted by atomic mass is 31.2. The minimum atomic E-state index is -4.29. The summed E-state index contributed by atoms with van der Waals surface area (Å²) in [6, 6.07) is -1.04. The van der Waals surface area contributed by atoms with Gasteiger partial charge in [-0.1, -0.05) is 0 Å². The summed E-state index contributed by atoms with van der Waals surface area (Å²) < 4.78 is 53.6. The van der Waals surface area contributed by atoms with Crippen molar-refractivity contribution in [2.24, 2.45) is 0 Å². The van der Waals surface area contributed by atoms with Crippen LogP contribution in [-0.4, -0.2) is 95.6 Å². The van der Waals surface area contributed by atoms with Crippen LogP contribution in [0, 0.1) is 0 Å². The Morgan fingerprint density at radius 3 is 2.42 bits per heavy atom. The summed E-state index contributed by atoms with van der Waals surface area (Å²) in [6.07, 6.45) is -3.92. The molecular weight excluding hydrogens is 434 g/mol. The van der Waals surface area contributed by atoms with Gasteiger partial charge in [-0.15, -0.1) is 0 Å². The van der Waals surface area contributed by atoms with Crippen molar-refractivity contribution in [1.82, 2.24) is 0 Å². The third kappa shape index (κ3) is 11.6. The molecule has 1 aliphatic heterocycles. The van der Waals surface area contributed by atoms with E-state index in [2.05, 4.69) is 0 Å². The van der Waals surface area contributed by atoms with Gasteiger partial charge in [-0.25, -0.2) is 9.36 Å². The van der Waals surface area contributed by atoms with Gasteiger partial charge in [-0.05, 0) is 27.7 Å². The molecule has 0 aromatic carbocycles. The highest BCUT2D eigenvalue weighted by molar-refractivity contribution is 7.47. The van der Waals surface area contributed by atoms with E-state index in [-0.39, 0.29) is 19.3 Å². The molecule has 1 aliphatic rings. The Kier molecular flexibility index (Phi) is 13.2. The van der Waals surface area contributed by atoms with Gasteiger partial charge in [0.05, 0.1) is 44.6 Å². The van der Waals surface area contributed by atoms with Gasteiger partial charge < -0.3 is 33.3 Å². The molecule has 1 saturated heterocycles. The summed E-state index contributed by atoms with van der Waals surface area (Å²) in [6.45, 7) is 7.84. The fraction of sp³-hybridized carbons (Fsp3) is 0.944. The summed E-state index contributed by atoms with van der Waals surface area (Å²) >= 11 is 0. The molecule has 0 bridgehead atoms. The lowest BCUT2D eigenvalue weighted by atomic mass is 9.92. The van der Waals surface area contributed by atoms with E-state index < -0.39 is 44.4 Å². The van der Waals surface area contributed by atoms with Crippen molar-refractivity contribution >= 4 is 21.8 Å². The van der Waals surface area contributed by atoms with Gasteiger partial charge in [-0.3, -0.25) is 9.05 Å². The molecule has 2 radical (unpaired) electrons. The van der Waals surface area contributed by atoms with Crippen LogP contribution in [0.4, 0.5) is 4.79 Å². The maximum Gasteiger partial charge on any atom is 0.508 e. The Hall–Kier alpha value is -0.715. The van der Waals surface area contributed by atoms with Crippen molar-refractivity contribution in [3.63, 3.8) is 0 Å². The van der Waals surface area contributed by atoms with Gasteiger partial charge in [0.25, 0.3) is 0 Å². The summed E-state index contributed by atoms with van der Waals surface area (Å²) in [4.78, 5) is 21.8. The molecule has 5 atom stereocenters. The molecule has 31 heavy (non-hydrogen) atoms. The number of phosphoric ester groups is 1. The Morgan fingerprint density at radius 1 is 1.10 bits per heavy atom. The van der Waals surface area contributed by atoms with E-state index in [1.54, 1.807) is 34.8 Å². The molecule has 1 fully saturated rings. The minimum Gasteiger partial charge on any atom is -0.434 e. The average molecular weight is 468 g/mol. The van der Waals surface area contributed by atoms with Crippen LogP contribution in [0.2, 0.25) is 0 Å². The SMILES string of the molecule is [B][C@@H]1O[C@H](COP(=O)(O)OC(C)C)[C@H](OC(C)C)C1OC(=O)OCCCOCCOC. The normalized spacial score (nSPS) is 25.7. The van der Waals surface area contributed by atoms with Crippen molar-refractivity contribution in [3.8, 4) is 0 Å². The van der Waals surface area contributed by atoms with Crippen molar-refractivity contribution in [3.05, 3.63) is 0 Å². The summed E-state index contributed by atoms with van der Waals surface area (Å²) in [5, 5.41) is 0. The zero-order chi connectivity index (χ0) is 23.4. The number of rotatable bonds is 15. The van der Waals surface area contributed by atoms with E-state index in [9.17, 15) is 14.3 Å². The van der Waals surface area contributed by atoms with E-state index in [0.717, 1.165) is 0 Å². The van der Waals surface area contributed by atoms with E-state index in [1.165, 1.54) is 0 Å². The quantitative estimate of drug-likeness (QED) is 0.164. The Balaban J connectivity index is 2.56. The monoisotopic (exact) mass is 468 g/mol. The lowest BCUT2D eigenvalue weighted by Crippen LogP contribution is -2.42. The Morgan fingerprint density at radius 2 is 1.81 bits per heavy atom. The van der Waals surface area contributed by atoms with Crippen molar-refractivity contribution in [2.45, 2.75) is 70.6 Å². The van der Waals surface area contributed by atoms with Crippen molar-refractivity contribution < 1.29 is 51.7 Å². The molecule has 180 valence electrons. The minimum absolute atomic E-state index is 0.0944. The zero-order valence-corrected chi connectivity index (χ0v) is 19.7. The standard InChI is InChI=1S/C18H34BO11P/c1-12(2)27-15-14(11-26-31(21,22)30-13(3)4)28-17(19)16(15)29-18(20)25-8-6-7-24-10-9-23-5/h12-17H,6-11H2,1-5H3,(H,21,22)/t14-,15+,16?,17-/m1/s1. The van der Waals surface area contributed by atoms with Gasteiger partial charge >= 0.3 is 14.0 Å². The zero-order valence-electron chi connectivity index (χ0n) is 18.8. The molecule has 0 aromatic heterocycles. The average Bonchev–Trinajstić information content (AvgIpc) is 2.93. The first kappa shape index (κ1) is 28.3. The predicted octanol–water partition coefficient (Wildman–Crippen LogP) is 1.79. The molecule has 2 unspecified atom stereocenters. The summed E-state index contributed by atoms with van der Waals surface area (Å²) in [5.74, 6) is 0. The second-order valence-corrected chi connectivity index (χ2v) is 8.75. The number of methoxy groups -OCH3 is 1. The second kappa shape index (κ2) is 14.4. The first-order chi connectivity index (χ1) is 14.6. The van der Waals surface area contributed by atoms with Crippen LogP contribution in [0.5, 0.6) is 0 Å². The molecule has 0 amide bonds. The fourth-order valence-corrected chi connectivity index (χ4v) is 3.60. The fourth-order valence-electron chi connectivity index (χ4n) is 2.67. The lowest BCUT2D eigenvalue weighted by molar-refractivity contribution is -0.0866. The van der Waals surface area contributed by atoms with E-state index in [1.807, 2.05) is 0 Å². The van der Waals surface area contributed by atoms with Gasteiger partial charge in [0.1, 0.15) is 20.1 Å². The van der Waals surface area contributed by atoms with Crippen LogP contribution in [-0.2, 0) is 42.0 Å². The van der Waals surface area contributed by atoms with Gasteiger partial charge in [0.15, 0.2) is 6.10 Å². The lowest BCUT2D eigenvalue weighted by Gasteiger charge is -2.26. The third-order valence-corrected chi connectivity index (χ3v) is 5.00. The van der Waals surface area contributed by atoms with Gasteiger partial charge in [0, 0.05) is 20.1 Å². The number of phosphoric acid groups is 1. The molecule has 11 nitrogen and oxygen atoms in total. The van der Waals surface area contributed by atoms with Crippen LogP contribution in [0.1, 0.15) is 34.1 Å². The van der Waals surface area contributed by atoms with Crippen LogP contribution in [0.25, 0.3) is 0 Å². The second-order valence-electron chi connectivity index (χ2n) is 7.35. The molecule has 0 spiro atoms. The molecule has 0 saturated carbocycles. The number of carbonyl (C=O) groups excluding carboxylic acids is 1. The van der Waals surface area contributed by atoms with Crippen LogP contribution >= 0.6 is 7.82 Å². The first-order valence-corrected chi connectivity index (χ1v) is 11.7.